The van der Waals surface area contributed by atoms with Crippen LogP contribution >= 0.6 is 0 Å². The molecule has 0 aromatic heterocycles. The Morgan fingerprint density at radius 3 is 2.70 bits per heavy atom. The summed E-state index contributed by atoms with van der Waals surface area (Å²) in [7, 11) is 0. The van der Waals surface area contributed by atoms with Crippen LogP contribution < -0.4 is 5.32 Å². The van der Waals surface area contributed by atoms with Crippen molar-refractivity contribution in [1.29, 1.82) is 0 Å². The van der Waals surface area contributed by atoms with Crippen LogP contribution in [0.2, 0.25) is 0 Å². The molecule has 3 heteroatoms. The quantitative estimate of drug-likeness (QED) is 0.586. The molecule has 1 amide bonds. The number of hydrogen-bond donors (Lipinski definition) is 1. The van der Waals surface area contributed by atoms with Crippen molar-refractivity contribution in [2.24, 2.45) is 0 Å². The van der Waals surface area contributed by atoms with E-state index in [1.807, 2.05) is 0 Å². The maximum absolute atomic E-state index is 12.7. The third-order valence-corrected chi connectivity index (χ3v) is 1.82. The van der Waals surface area contributed by atoms with E-state index in [2.05, 4.69) is 5.32 Å². The Bertz CT molecular complexity index is 138. The van der Waals surface area contributed by atoms with Crippen LogP contribution in [-0.2, 0) is 4.79 Å². The van der Waals surface area contributed by atoms with Crippen LogP contribution in [0.15, 0.2) is 0 Å². The Morgan fingerprint density at radius 2 is 2.30 bits per heavy atom. The van der Waals surface area contributed by atoms with Gasteiger partial charge in [0.2, 0.25) is 5.91 Å². The fourth-order valence-electron chi connectivity index (χ4n) is 1.34. The molecule has 58 valence electrons. The molecule has 1 aliphatic rings. The summed E-state index contributed by atoms with van der Waals surface area (Å²) in [5, 5.41) is 2.58. The smallest absolute Gasteiger partial charge is 0.217 e. The molecule has 1 fully saturated rings. The molecule has 2 nitrogen and oxygen atoms in total. The monoisotopic (exact) mass is 145 g/mol. The lowest BCUT2D eigenvalue weighted by molar-refractivity contribution is -0.120. The van der Waals surface area contributed by atoms with E-state index in [0.29, 0.717) is 6.42 Å². The van der Waals surface area contributed by atoms with E-state index in [9.17, 15) is 9.18 Å². The number of carbonyl (C=O) groups excluding carboxylic acids is 1. The van der Waals surface area contributed by atoms with Gasteiger partial charge >= 0.3 is 0 Å². The van der Waals surface area contributed by atoms with Gasteiger partial charge in [0.1, 0.15) is 6.17 Å². The number of rotatable bonds is 1. The highest BCUT2D eigenvalue weighted by Gasteiger charge is 2.26. The Balaban J connectivity index is 2.33. The second-order valence-electron chi connectivity index (χ2n) is 2.75. The van der Waals surface area contributed by atoms with E-state index < -0.39 is 6.17 Å². The fraction of sp³-hybridized carbons (Fsp3) is 0.857. The van der Waals surface area contributed by atoms with Crippen LogP contribution in [0.4, 0.5) is 4.39 Å². The fourth-order valence-corrected chi connectivity index (χ4v) is 1.34. The van der Waals surface area contributed by atoms with E-state index >= 15 is 0 Å². The normalized spacial score (nSPS) is 32.2. The first-order chi connectivity index (χ1) is 4.70. The van der Waals surface area contributed by atoms with Crippen molar-refractivity contribution < 1.29 is 9.18 Å². The molecule has 0 bridgehead atoms. The van der Waals surface area contributed by atoms with Crippen molar-refractivity contribution in [2.45, 2.75) is 38.4 Å². The second kappa shape index (κ2) is 2.99. The number of hydrogen-bond acceptors (Lipinski definition) is 1. The lowest BCUT2D eigenvalue weighted by Gasteiger charge is -2.12. The zero-order valence-corrected chi connectivity index (χ0v) is 6.06. The number of nitrogens with one attached hydrogen (secondary N) is 1. The summed E-state index contributed by atoms with van der Waals surface area (Å²) in [4.78, 5) is 10.5. The van der Waals surface area contributed by atoms with E-state index in [4.69, 9.17) is 0 Å². The van der Waals surface area contributed by atoms with E-state index in [1.165, 1.54) is 6.92 Å². The minimum absolute atomic E-state index is 0.130. The molecule has 0 aromatic carbocycles. The van der Waals surface area contributed by atoms with Gasteiger partial charge < -0.3 is 5.32 Å². The van der Waals surface area contributed by atoms with Crippen molar-refractivity contribution in [3.8, 4) is 0 Å². The Morgan fingerprint density at radius 1 is 1.60 bits per heavy atom. The molecule has 0 unspecified atom stereocenters. The molecular formula is C7H12FNO. The highest BCUT2D eigenvalue weighted by atomic mass is 19.1. The van der Waals surface area contributed by atoms with Gasteiger partial charge in [0.05, 0.1) is 6.04 Å². The van der Waals surface area contributed by atoms with Crippen molar-refractivity contribution >= 4 is 5.91 Å². The molecule has 0 radical (unpaired) electrons. The van der Waals surface area contributed by atoms with Gasteiger partial charge in [0.15, 0.2) is 0 Å². The maximum Gasteiger partial charge on any atom is 0.217 e. The largest absolute Gasteiger partial charge is 0.351 e. The van der Waals surface area contributed by atoms with Gasteiger partial charge in [-0.1, -0.05) is 0 Å². The van der Waals surface area contributed by atoms with Crippen molar-refractivity contribution in [2.75, 3.05) is 0 Å². The summed E-state index contributed by atoms with van der Waals surface area (Å²) >= 11 is 0. The van der Waals surface area contributed by atoms with Crippen LogP contribution in [0, 0.1) is 0 Å². The first kappa shape index (κ1) is 7.51. The Labute approximate surface area is 59.8 Å². The zero-order chi connectivity index (χ0) is 7.56. The third kappa shape index (κ3) is 1.69. The predicted octanol–water partition coefficient (Wildman–Crippen LogP) is 1.01. The second-order valence-corrected chi connectivity index (χ2v) is 2.75. The molecule has 0 heterocycles. The number of carbonyl (C=O) groups is 1. The van der Waals surface area contributed by atoms with Gasteiger partial charge in [-0.2, -0.15) is 0 Å². The van der Waals surface area contributed by atoms with Crippen molar-refractivity contribution in [3.63, 3.8) is 0 Å². The summed E-state index contributed by atoms with van der Waals surface area (Å²) < 4.78 is 12.7. The first-order valence-corrected chi connectivity index (χ1v) is 3.61. The molecule has 0 aromatic rings. The lowest BCUT2D eigenvalue weighted by Crippen LogP contribution is -2.36. The Kier molecular flexibility index (Phi) is 2.25. The SMILES string of the molecule is CC(=O)N[C@@H]1CCC[C@H]1F. The topological polar surface area (TPSA) is 29.1 Å². The number of alkyl halides is 1. The van der Waals surface area contributed by atoms with Crippen LogP contribution in [0.1, 0.15) is 26.2 Å². The maximum atomic E-state index is 12.7. The zero-order valence-electron chi connectivity index (χ0n) is 6.06. The molecule has 1 aliphatic carbocycles. The average molecular weight is 145 g/mol. The van der Waals surface area contributed by atoms with Crippen molar-refractivity contribution in [1.82, 2.24) is 5.32 Å². The standard InChI is InChI=1S/C7H12FNO/c1-5(10)9-7-4-2-3-6(7)8/h6-7H,2-4H2,1H3,(H,9,10)/t6-,7-/m1/s1. The molecule has 0 saturated heterocycles. The van der Waals surface area contributed by atoms with E-state index in [-0.39, 0.29) is 11.9 Å². The van der Waals surface area contributed by atoms with E-state index in [1.54, 1.807) is 0 Å². The van der Waals surface area contributed by atoms with Crippen LogP contribution in [-0.4, -0.2) is 18.1 Å². The highest BCUT2D eigenvalue weighted by molar-refractivity contribution is 5.73. The molecule has 1 saturated carbocycles. The van der Waals surface area contributed by atoms with Crippen LogP contribution in [0.5, 0.6) is 0 Å². The van der Waals surface area contributed by atoms with E-state index in [0.717, 1.165) is 12.8 Å². The molecule has 0 aliphatic heterocycles. The summed E-state index contributed by atoms with van der Waals surface area (Å²) in [5.74, 6) is -0.130. The van der Waals surface area contributed by atoms with Gasteiger partial charge in [0, 0.05) is 6.92 Å². The summed E-state index contributed by atoms with van der Waals surface area (Å²) in [6.07, 6.45) is 1.47. The number of amides is 1. The minimum Gasteiger partial charge on any atom is -0.351 e. The molecule has 1 rings (SSSR count). The van der Waals surface area contributed by atoms with Gasteiger partial charge in [-0.05, 0) is 19.3 Å². The summed E-state index contributed by atoms with van der Waals surface area (Å²) in [6, 6.07) is -0.211. The third-order valence-electron chi connectivity index (χ3n) is 1.82. The summed E-state index contributed by atoms with van der Waals surface area (Å²) in [5.41, 5.74) is 0. The Hall–Kier alpha value is -0.600. The molecular weight excluding hydrogens is 133 g/mol. The number of halogens is 1. The van der Waals surface area contributed by atoms with Gasteiger partial charge in [-0.25, -0.2) is 4.39 Å². The molecule has 1 N–H and O–H groups in total. The summed E-state index contributed by atoms with van der Waals surface area (Å²) in [6.45, 7) is 1.42. The lowest BCUT2D eigenvalue weighted by atomic mass is 10.2. The highest BCUT2D eigenvalue weighted by Crippen LogP contribution is 2.21. The van der Waals surface area contributed by atoms with Gasteiger partial charge in [-0.15, -0.1) is 0 Å². The van der Waals surface area contributed by atoms with Gasteiger partial charge in [0.25, 0.3) is 0 Å². The molecule has 2 atom stereocenters. The van der Waals surface area contributed by atoms with Crippen molar-refractivity contribution in [3.05, 3.63) is 0 Å². The predicted molar refractivity (Wildman–Crippen MR) is 36.4 cm³/mol. The minimum atomic E-state index is -0.816. The average Bonchev–Trinajstić information content (AvgIpc) is 2.15. The van der Waals surface area contributed by atoms with Crippen LogP contribution in [0.25, 0.3) is 0 Å². The molecule has 10 heavy (non-hydrogen) atoms. The van der Waals surface area contributed by atoms with Crippen LogP contribution in [0.3, 0.4) is 0 Å². The molecule has 0 spiro atoms. The first-order valence-electron chi connectivity index (χ1n) is 3.61. The van der Waals surface area contributed by atoms with Gasteiger partial charge in [-0.3, -0.25) is 4.79 Å².